The fraction of sp³-hybridized carbons (Fsp3) is 0.0769. The van der Waals surface area contributed by atoms with Crippen molar-refractivity contribution in [3.05, 3.63) is 209 Å². The van der Waals surface area contributed by atoms with Crippen LogP contribution in [0.5, 0.6) is 11.5 Å². The van der Waals surface area contributed by atoms with Crippen LogP contribution in [0, 0.1) is 17.9 Å². The van der Waals surface area contributed by atoms with E-state index in [9.17, 15) is 5.26 Å². The summed E-state index contributed by atoms with van der Waals surface area (Å²) in [5, 5.41) is 10.2. The molecule has 0 heterocycles. The van der Waals surface area contributed by atoms with E-state index in [0.29, 0.717) is 29.0 Å². The molecule has 0 unspecified atom stereocenters. The molecular formula is C52H42N4O2. The predicted octanol–water partition coefficient (Wildman–Crippen LogP) is 14.2. The molecule has 0 spiro atoms. The van der Waals surface area contributed by atoms with Gasteiger partial charge in [0, 0.05) is 34.1 Å². The Balaban J connectivity index is 1.09. The maximum absolute atomic E-state index is 10.2. The Morgan fingerprint density at radius 3 is 1.41 bits per heavy atom. The third-order valence-electron chi connectivity index (χ3n) is 9.58. The van der Waals surface area contributed by atoms with Gasteiger partial charge in [-0.3, -0.25) is 0 Å². The first-order chi connectivity index (χ1) is 28.6. The summed E-state index contributed by atoms with van der Waals surface area (Å²) in [5.41, 5.74) is 10.4. The van der Waals surface area contributed by atoms with Gasteiger partial charge in [-0.2, -0.15) is 5.26 Å². The Morgan fingerprint density at radius 1 is 0.552 bits per heavy atom. The quantitative estimate of drug-likeness (QED) is 0.0817. The van der Waals surface area contributed by atoms with E-state index in [-0.39, 0.29) is 0 Å². The molecule has 58 heavy (non-hydrogen) atoms. The first-order valence-electron chi connectivity index (χ1n) is 19.2. The number of hydrogen-bond donors (Lipinski definition) is 0. The van der Waals surface area contributed by atoms with Crippen molar-refractivity contribution in [3.63, 3.8) is 0 Å². The number of methoxy groups -OCH3 is 1. The van der Waals surface area contributed by atoms with Crippen molar-refractivity contribution in [1.29, 1.82) is 5.26 Å². The highest BCUT2D eigenvalue weighted by Gasteiger charge is 2.14. The van der Waals surface area contributed by atoms with Gasteiger partial charge in [0.1, 0.15) is 11.5 Å². The van der Waals surface area contributed by atoms with Crippen LogP contribution >= 0.6 is 0 Å². The summed E-state index contributed by atoms with van der Waals surface area (Å²) in [6.45, 7) is 10.7. The number of benzene rings is 7. The normalized spacial score (nSPS) is 10.9. The molecule has 0 aromatic heterocycles. The minimum absolute atomic E-state index is 0.473. The Hall–Kier alpha value is -7.80. The lowest BCUT2D eigenvalue weighted by atomic mass is 10.0. The van der Waals surface area contributed by atoms with Crippen molar-refractivity contribution >= 4 is 64.1 Å². The average Bonchev–Trinajstić information content (AvgIpc) is 3.29. The largest absolute Gasteiger partial charge is 0.497 e. The first-order valence-corrected chi connectivity index (χ1v) is 19.2. The van der Waals surface area contributed by atoms with Crippen LogP contribution in [0.2, 0.25) is 0 Å². The molecule has 0 atom stereocenters. The molecule has 0 N–H and O–H groups in total. The van der Waals surface area contributed by atoms with E-state index in [4.69, 9.17) is 16.0 Å². The van der Waals surface area contributed by atoms with E-state index in [2.05, 4.69) is 113 Å². The van der Waals surface area contributed by atoms with E-state index < -0.39 is 0 Å². The van der Waals surface area contributed by atoms with Gasteiger partial charge in [0.25, 0.3) is 0 Å². The van der Waals surface area contributed by atoms with Gasteiger partial charge in [-0.25, -0.2) is 4.85 Å². The number of rotatable bonds is 14. The van der Waals surface area contributed by atoms with Crippen molar-refractivity contribution in [2.45, 2.75) is 13.3 Å². The number of nitriles is 1. The molecule has 6 nitrogen and oxygen atoms in total. The molecule has 0 fully saturated rings. The Bertz CT molecular complexity index is 2570. The van der Waals surface area contributed by atoms with Crippen LogP contribution in [0.4, 0.5) is 39.8 Å². The fourth-order valence-corrected chi connectivity index (χ4v) is 6.62. The zero-order valence-electron chi connectivity index (χ0n) is 32.5. The molecule has 0 saturated heterocycles. The molecule has 0 aliphatic rings. The number of hydrogen-bond acceptors (Lipinski definition) is 5. The predicted molar refractivity (Wildman–Crippen MR) is 240 cm³/mol. The van der Waals surface area contributed by atoms with Gasteiger partial charge < -0.3 is 19.3 Å². The highest BCUT2D eigenvalue weighted by atomic mass is 16.5. The van der Waals surface area contributed by atoms with Gasteiger partial charge in [-0.15, -0.1) is 0 Å². The topological polar surface area (TPSA) is 53.1 Å². The van der Waals surface area contributed by atoms with Gasteiger partial charge in [0.15, 0.2) is 5.69 Å². The third-order valence-corrected chi connectivity index (χ3v) is 9.58. The van der Waals surface area contributed by atoms with Crippen LogP contribution < -0.4 is 19.3 Å². The van der Waals surface area contributed by atoms with E-state index in [1.165, 1.54) is 0 Å². The molecule has 0 bridgehead atoms. The summed E-state index contributed by atoms with van der Waals surface area (Å²) in [4.78, 5) is 8.22. The molecular weight excluding hydrogens is 713 g/mol. The second-order valence-corrected chi connectivity index (χ2v) is 13.5. The molecule has 0 saturated carbocycles. The molecule has 7 aromatic carbocycles. The number of nitrogens with zero attached hydrogens (tertiary/aromatic N) is 4. The van der Waals surface area contributed by atoms with Gasteiger partial charge in [0.2, 0.25) is 0 Å². The summed E-state index contributed by atoms with van der Waals surface area (Å²) in [5.74, 6) is 1.65. The summed E-state index contributed by atoms with van der Waals surface area (Å²) < 4.78 is 11.2. The van der Waals surface area contributed by atoms with Crippen molar-refractivity contribution in [2.24, 2.45) is 0 Å². The van der Waals surface area contributed by atoms with E-state index in [1.807, 2.05) is 97.1 Å². The Kier molecular flexibility index (Phi) is 12.4. The van der Waals surface area contributed by atoms with Crippen molar-refractivity contribution < 1.29 is 9.47 Å². The summed E-state index contributed by atoms with van der Waals surface area (Å²) in [6.07, 6.45) is 8.71. The molecule has 0 aliphatic carbocycles. The maximum atomic E-state index is 10.2. The highest BCUT2D eigenvalue weighted by molar-refractivity contribution is 5.84. The number of ether oxygens (including phenoxy) is 2. The number of para-hydroxylation sites is 2. The molecule has 6 heteroatoms. The van der Waals surface area contributed by atoms with Crippen LogP contribution in [0.15, 0.2) is 170 Å². The van der Waals surface area contributed by atoms with E-state index >= 15 is 0 Å². The maximum Gasteiger partial charge on any atom is 0.194 e. The van der Waals surface area contributed by atoms with Gasteiger partial charge >= 0.3 is 0 Å². The lowest BCUT2D eigenvalue weighted by Crippen LogP contribution is -2.09. The van der Waals surface area contributed by atoms with Crippen molar-refractivity contribution in [1.82, 2.24) is 0 Å². The van der Waals surface area contributed by atoms with Crippen LogP contribution in [0.25, 0.3) is 29.1 Å². The van der Waals surface area contributed by atoms with Crippen LogP contribution in [-0.2, 0) is 0 Å². The summed E-state index contributed by atoms with van der Waals surface area (Å²) >= 11 is 0. The molecule has 7 rings (SSSR count). The smallest absolute Gasteiger partial charge is 0.194 e. The SMILES string of the molecule is [C-]#[N+]c1cc(C=Cc2ccc(N(c3ccccc3)c3ccc(OCCC)cc3)cc2)c(C#N)cc1C=Cc1ccc(N(c2ccccc2)c2ccc(OC)cc2)cc1. The lowest BCUT2D eigenvalue weighted by molar-refractivity contribution is 0.317. The third kappa shape index (κ3) is 9.17. The molecule has 0 amide bonds. The monoisotopic (exact) mass is 754 g/mol. The molecule has 0 aliphatic heterocycles. The second kappa shape index (κ2) is 18.7. The zero-order valence-corrected chi connectivity index (χ0v) is 32.5. The van der Waals surface area contributed by atoms with Crippen molar-refractivity contribution in [2.75, 3.05) is 23.5 Å². The first kappa shape index (κ1) is 38.5. The van der Waals surface area contributed by atoms with Crippen LogP contribution in [0.1, 0.15) is 41.2 Å². The summed E-state index contributed by atoms with van der Waals surface area (Å²) in [7, 11) is 1.66. The second-order valence-electron chi connectivity index (χ2n) is 13.5. The van der Waals surface area contributed by atoms with Gasteiger partial charge in [-0.05, 0) is 138 Å². The van der Waals surface area contributed by atoms with Crippen molar-refractivity contribution in [3.8, 4) is 17.6 Å². The minimum Gasteiger partial charge on any atom is -0.497 e. The van der Waals surface area contributed by atoms with Crippen LogP contribution in [0.3, 0.4) is 0 Å². The lowest BCUT2D eigenvalue weighted by Gasteiger charge is -2.25. The standard InChI is InChI=1S/C52H42N4O2/c1-4-35-58-51-33-29-49(30-34-51)56(45-13-9-6-10-14-45)47-23-17-39(18-24-47)15-21-41-37-52(54-2)42(36-43(41)38-53)22-16-40-19-25-46(26-20-40)55(44-11-7-5-8-12-44)48-27-31-50(57-3)32-28-48/h5-34,36-37H,4,35H2,1,3H3. The fourth-order valence-electron chi connectivity index (χ4n) is 6.62. The van der Waals surface area contributed by atoms with E-state index in [0.717, 1.165) is 63.2 Å². The Labute approximate surface area is 341 Å². The highest BCUT2D eigenvalue weighted by Crippen LogP contribution is 2.37. The van der Waals surface area contributed by atoms with Gasteiger partial charge in [-0.1, -0.05) is 91.9 Å². The molecule has 0 radical (unpaired) electrons. The van der Waals surface area contributed by atoms with Crippen LogP contribution in [-0.4, -0.2) is 13.7 Å². The minimum atomic E-state index is 0.473. The average molecular weight is 755 g/mol. The number of anilines is 6. The molecule has 7 aromatic rings. The molecule has 282 valence electrons. The summed E-state index contributed by atoms with van der Waals surface area (Å²) in [6, 6.07) is 59.1. The van der Waals surface area contributed by atoms with Gasteiger partial charge in [0.05, 0.1) is 31.9 Å². The van der Waals surface area contributed by atoms with E-state index in [1.54, 1.807) is 19.2 Å². The zero-order chi connectivity index (χ0) is 40.1. The Morgan fingerprint density at radius 2 is 0.983 bits per heavy atom.